The zero-order valence-electron chi connectivity index (χ0n) is 16.1. The van der Waals surface area contributed by atoms with E-state index in [1.54, 1.807) is 0 Å². The lowest BCUT2D eigenvalue weighted by atomic mass is 9.97. The van der Waals surface area contributed by atoms with Crippen molar-refractivity contribution in [2.24, 2.45) is 11.5 Å². The molecule has 3 rings (SSSR count). The Bertz CT molecular complexity index is 594. The van der Waals surface area contributed by atoms with Crippen molar-refractivity contribution < 1.29 is 23.8 Å². The molecule has 0 atom stereocenters. The number of benzene rings is 1. The van der Waals surface area contributed by atoms with E-state index in [9.17, 15) is 14.7 Å². The zero-order chi connectivity index (χ0) is 21.0. The molecule has 10 heteroatoms. The van der Waals surface area contributed by atoms with Crippen molar-refractivity contribution in [3.8, 4) is 5.75 Å². The van der Waals surface area contributed by atoms with Crippen LogP contribution in [0.5, 0.6) is 5.75 Å². The first-order valence-electron chi connectivity index (χ1n) is 9.68. The first-order valence-corrected chi connectivity index (χ1v) is 11.2. The lowest BCUT2D eigenvalue weighted by Crippen LogP contribution is -2.22. The second-order valence-electron chi connectivity index (χ2n) is 7.13. The Balaban J connectivity index is 0.000000233. The maximum absolute atomic E-state index is 10.4. The molecule has 0 aliphatic heterocycles. The topological polar surface area (TPSA) is 162 Å². The van der Waals surface area contributed by atoms with E-state index in [1.807, 2.05) is 0 Å². The number of hydrogen-bond acceptors (Lipinski definition) is 6. The summed E-state index contributed by atoms with van der Waals surface area (Å²) in [6.45, 7) is 0. The zero-order valence-corrected chi connectivity index (χ0v) is 17.0. The highest BCUT2D eigenvalue weighted by Gasteiger charge is 2.16. The van der Waals surface area contributed by atoms with E-state index < -0.39 is 12.7 Å². The Morgan fingerprint density at radius 2 is 1.29 bits per heavy atom. The van der Waals surface area contributed by atoms with Gasteiger partial charge in [0, 0.05) is 24.2 Å². The standard InChI is InChI=1S/C6H6NO6P.2C6H13N/c8-7(9)5-1-3-6(4-2-5)13-14(10,11)12;2*7-6-4-2-1-3-5-6/h1-4H,(H2,10,11,12);2*6H,1-5,7H2/i13+2;;. The van der Waals surface area contributed by atoms with Crippen molar-refractivity contribution in [3.05, 3.63) is 34.4 Å². The minimum absolute atomic E-state index is 0.121. The molecule has 2 saturated carbocycles. The van der Waals surface area contributed by atoms with Crippen molar-refractivity contribution in [3.63, 3.8) is 0 Å². The molecule has 2 aliphatic rings. The summed E-state index contributed by atoms with van der Waals surface area (Å²) in [5.74, 6) is -0.121. The smallest absolute Gasteiger partial charge is 0.404 e. The summed E-state index contributed by atoms with van der Waals surface area (Å²) in [5, 5.41) is 10.2. The fourth-order valence-corrected chi connectivity index (χ4v) is 3.43. The van der Waals surface area contributed by atoms with Crippen LogP contribution in [0.25, 0.3) is 0 Å². The molecule has 0 bridgehead atoms. The maximum atomic E-state index is 10.4. The second-order valence-corrected chi connectivity index (χ2v) is 8.29. The van der Waals surface area contributed by atoms with Crippen molar-refractivity contribution >= 4 is 13.5 Å². The molecule has 6 N–H and O–H groups in total. The summed E-state index contributed by atoms with van der Waals surface area (Å²) in [7, 11) is -4.60. The van der Waals surface area contributed by atoms with Gasteiger partial charge in [-0.15, -0.1) is 0 Å². The van der Waals surface area contributed by atoms with E-state index in [1.165, 1.54) is 64.2 Å². The normalized spacial score (nSPS) is 18.1. The molecule has 0 spiro atoms. The third-order valence-corrected chi connectivity index (χ3v) is 5.02. The average molecular weight is 419 g/mol. The van der Waals surface area contributed by atoms with E-state index in [2.05, 4.69) is 4.52 Å². The quantitative estimate of drug-likeness (QED) is 0.250. The van der Waals surface area contributed by atoms with Crippen LogP contribution in [0.4, 0.5) is 5.69 Å². The van der Waals surface area contributed by atoms with Gasteiger partial charge in [0.05, 0.1) is 4.92 Å². The molecule has 0 saturated heterocycles. The molecule has 160 valence electrons. The minimum Gasteiger partial charge on any atom is -0.404 e. The fourth-order valence-electron chi connectivity index (χ4n) is 3.03. The molecule has 28 heavy (non-hydrogen) atoms. The molecule has 1 aromatic carbocycles. The monoisotopic (exact) mass is 419 g/mol. The van der Waals surface area contributed by atoms with E-state index in [4.69, 9.17) is 21.3 Å². The molecule has 0 aromatic heterocycles. The van der Waals surface area contributed by atoms with Gasteiger partial charge in [-0.2, -0.15) is 0 Å². The SMILES string of the molecule is NC1CCCCC1.NC1CCCCC1.O=[N+]([O-])c1ccc([18O]P(=O)(O)O)cc1. The molecule has 0 amide bonds. The van der Waals surface area contributed by atoms with Gasteiger partial charge in [0.25, 0.3) is 5.69 Å². The van der Waals surface area contributed by atoms with Crippen molar-refractivity contribution in [1.29, 1.82) is 0 Å². The highest BCUT2D eigenvalue weighted by molar-refractivity contribution is 7.46. The molecule has 2 aliphatic carbocycles. The second kappa shape index (κ2) is 12.9. The van der Waals surface area contributed by atoms with Gasteiger partial charge in [0.2, 0.25) is 0 Å². The van der Waals surface area contributed by atoms with Gasteiger partial charge in [0.15, 0.2) is 0 Å². The number of phosphoric acid groups is 1. The van der Waals surface area contributed by atoms with E-state index in [-0.39, 0.29) is 11.4 Å². The third kappa shape index (κ3) is 12.0. The van der Waals surface area contributed by atoms with Crippen LogP contribution in [-0.4, -0.2) is 26.8 Å². The molecule has 1 aromatic rings. The number of phosphoric ester groups is 1. The van der Waals surface area contributed by atoms with Crippen LogP contribution in [0.2, 0.25) is 0 Å². The Morgan fingerprint density at radius 3 is 1.54 bits per heavy atom. The number of nitrogens with two attached hydrogens (primary N) is 2. The van der Waals surface area contributed by atoms with Crippen LogP contribution in [0.1, 0.15) is 64.2 Å². The highest BCUT2D eigenvalue weighted by atomic mass is 31.2. The Kier molecular flexibility index (Phi) is 11.3. The van der Waals surface area contributed by atoms with Gasteiger partial charge in [-0.25, -0.2) is 4.57 Å². The Labute approximate surface area is 165 Å². The van der Waals surface area contributed by atoms with Crippen LogP contribution in [0, 0.1) is 10.1 Å². The molecule has 0 heterocycles. The first-order chi connectivity index (χ1) is 13.2. The number of nitrogens with zero attached hydrogens (tertiary/aromatic N) is 1. The number of rotatable bonds is 3. The number of non-ortho nitro benzene ring substituents is 1. The van der Waals surface area contributed by atoms with Crippen LogP contribution in [0.3, 0.4) is 0 Å². The molecule has 9 nitrogen and oxygen atoms in total. The summed E-state index contributed by atoms with van der Waals surface area (Å²) in [5.41, 5.74) is 11.1. The van der Waals surface area contributed by atoms with Gasteiger partial charge in [-0.05, 0) is 37.8 Å². The summed E-state index contributed by atoms with van der Waals surface area (Å²) >= 11 is 0. The van der Waals surface area contributed by atoms with Gasteiger partial charge >= 0.3 is 7.82 Å². The summed E-state index contributed by atoms with van der Waals surface area (Å²) in [6.07, 6.45) is 13.3. The van der Waals surface area contributed by atoms with Crippen molar-refractivity contribution in [2.75, 3.05) is 0 Å². The van der Waals surface area contributed by atoms with Gasteiger partial charge in [0.1, 0.15) is 5.75 Å². The van der Waals surface area contributed by atoms with E-state index >= 15 is 0 Å². The molecular weight excluding hydrogens is 387 g/mol. The predicted molar refractivity (Wildman–Crippen MR) is 108 cm³/mol. The first kappa shape index (κ1) is 24.5. The van der Waals surface area contributed by atoms with E-state index in [0.29, 0.717) is 12.1 Å². The number of hydrogen-bond donors (Lipinski definition) is 4. The van der Waals surface area contributed by atoms with E-state index in [0.717, 1.165) is 24.3 Å². The van der Waals surface area contributed by atoms with Crippen molar-refractivity contribution in [2.45, 2.75) is 76.3 Å². The predicted octanol–water partition coefficient (Wildman–Crippen LogP) is 3.62. The molecular formula is C18H32N3O6P. The minimum atomic E-state index is -4.60. The Morgan fingerprint density at radius 1 is 0.893 bits per heavy atom. The maximum Gasteiger partial charge on any atom is 0.524 e. The summed E-state index contributed by atoms with van der Waals surface area (Å²) in [4.78, 5) is 26.4. The number of nitro benzene ring substituents is 1. The number of nitro groups is 1. The van der Waals surface area contributed by atoms with Gasteiger partial charge < -0.3 is 16.0 Å². The summed E-state index contributed by atoms with van der Waals surface area (Å²) < 4.78 is 14.5. The lowest BCUT2D eigenvalue weighted by Gasteiger charge is -2.15. The van der Waals surface area contributed by atoms with Crippen LogP contribution in [0.15, 0.2) is 24.3 Å². The Hall–Kier alpha value is -1.51. The molecule has 2 fully saturated rings. The van der Waals surface area contributed by atoms with Crippen molar-refractivity contribution in [1.82, 2.24) is 0 Å². The molecule has 0 unspecified atom stereocenters. The van der Waals surface area contributed by atoms with Gasteiger partial charge in [-0.1, -0.05) is 38.5 Å². The average Bonchev–Trinajstić information content (AvgIpc) is 2.63. The van der Waals surface area contributed by atoms with Crippen LogP contribution >= 0.6 is 7.82 Å². The largest absolute Gasteiger partial charge is 0.524 e. The highest BCUT2D eigenvalue weighted by Crippen LogP contribution is 2.37. The summed E-state index contributed by atoms with van der Waals surface area (Å²) in [6, 6.07) is 5.47. The van der Waals surface area contributed by atoms with Gasteiger partial charge in [-0.3, -0.25) is 19.9 Å². The lowest BCUT2D eigenvalue weighted by molar-refractivity contribution is -0.384. The van der Waals surface area contributed by atoms with Crippen LogP contribution < -0.4 is 16.0 Å². The fraction of sp³-hybridized carbons (Fsp3) is 0.667. The van der Waals surface area contributed by atoms with Crippen LogP contribution in [-0.2, 0) is 4.57 Å². The third-order valence-electron chi connectivity index (χ3n) is 4.57. The molecule has 0 radical (unpaired) electrons.